The average Bonchev–Trinajstić information content (AvgIpc) is 2.27. The van der Waals surface area contributed by atoms with Crippen LogP contribution in [0.2, 0.25) is 0 Å². The van der Waals surface area contributed by atoms with Gasteiger partial charge in [0.2, 0.25) is 0 Å². The van der Waals surface area contributed by atoms with E-state index in [4.69, 9.17) is 0 Å². The second-order valence-electron chi connectivity index (χ2n) is 5.73. The van der Waals surface area contributed by atoms with Crippen LogP contribution in [-0.2, 0) is 6.42 Å². The molecule has 0 bridgehead atoms. The van der Waals surface area contributed by atoms with Gasteiger partial charge in [-0.15, -0.1) is 0 Å². The first kappa shape index (κ1) is 12.6. The second-order valence-corrected chi connectivity index (χ2v) is 5.73. The van der Waals surface area contributed by atoms with Crippen LogP contribution >= 0.6 is 0 Å². The van der Waals surface area contributed by atoms with Crippen molar-refractivity contribution < 1.29 is 0 Å². The van der Waals surface area contributed by atoms with Crippen molar-refractivity contribution in [2.45, 2.75) is 46.5 Å². The SMILES string of the molecule is CCNCC1(Cc2ccc(C)c(C)c2)CCC1. The lowest BCUT2D eigenvalue weighted by Crippen LogP contribution is -2.41. The molecule has 0 unspecified atom stereocenters. The van der Waals surface area contributed by atoms with Crippen LogP contribution in [0.15, 0.2) is 18.2 Å². The Morgan fingerprint density at radius 2 is 1.94 bits per heavy atom. The van der Waals surface area contributed by atoms with E-state index >= 15 is 0 Å². The van der Waals surface area contributed by atoms with E-state index in [1.54, 1.807) is 0 Å². The first-order valence-electron chi connectivity index (χ1n) is 6.92. The quantitative estimate of drug-likeness (QED) is 0.816. The Morgan fingerprint density at radius 1 is 1.18 bits per heavy atom. The Balaban J connectivity index is 2.05. The van der Waals surface area contributed by atoms with E-state index in [2.05, 4.69) is 44.3 Å². The number of hydrogen-bond acceptors (Lipinski definition) is 1. The number of hydrogen-bond donors (Lipinski definition) is 1. The molecule has 0 aromatic heterocycles. The third-order valence-corrected chi connectivity index (χ3v) is 4.31. The highest BCUT2D eigenvalue weighted by atomic mass is 14.9. The molecule has 1 fully saturated rings. The summed E-state index contributed by atoms with van der Waals surface area (Å²) in [6.45, 7) is 8.89. The lowest BCUT2D eigenvalue weighted by Gasteiger charge is -2.42. The van der Waals surface area contributed by atoms with Crippen molar-refractivity contribution in [3.8, 4) is 0 Å². The summed E-state index contributed by atoms with van der Waals surface area (Å²) in [5.74, 6) is 0. The van der Waals surface area contributed by atoms with Crippen molar-refractivity contribution in [3.63, 3.8) is 0 Å². The van der Waals surface area contributed by atoms with Crippen molar-refractivity contribution in [2.75, 3.05) is 13.1 Å². The molecule has 0 radical (unpaired) electrons. The van der Waals surface area contributed by atoms with Crippen molar-refractivity contribution in [1.82, 2.24) is 5.32 Å². The van der Waals surface area contributed by atoms with Crippen LogP contribution < -0.4 is 5.32 Å². The molecular weight excluding hydrogens is 206 g/mol. The summed E-state index contributed by atoms with van der Waals surface area (Å²) in [6, 6.07) is 6.96. The Kier molecular flexibility index (Phi) is 3.88. The summed E-state index contributed by atoms with van der Waals surface area (Å²) in [5.41, 5.74) is 4.91. The topological polar surface area (TPSA) is 12.0 Å². The summed E-state index contributed by atoms with van der Waals surface area (Å²) in [5, 5.41) is 3.54. The molecule has 1 aliphatic carbocycles. The van der Waals surface area contributed by atoms with Gasteiger partial charge in [-0.25, -0.2) is 0 Å². The van der Waals surface area contributed by atoms with Gasteiger partial charge in [0.05, 0.1) is 0 Å². The van der Waals surface area contributed by atoms with Crippen molar-refractivity contribution in [2.24, 2.45) is 5.41 Å². The molecule has 0 heterocycles. The van der Waals surface area contributed by atoms with E-state index in [0.29, 0.717) is 5.41 Å². The maximum atomic E-state index is 3.54. The number of nitrogens with one attached hydrogen (secondary N) is 1. The highest BCUT2D eigenvalue weighted by molar-refractivity contribution is 5.30. The largest absolute Gasteiger partial charge is 0.316 e. The van der Waals surface area contributed by atoms with Crippen LogP contribution in [0.1, 0.15) is 42.9 Å². The highest BCUT2D eigenvalue weighted by Gasteiger charge is 2.36. The third-order valence-electron chi connectivity index (χ3n) is 4.31. The first-order chi connectivity index (χ1) is 8.15. The Labute approximate surface area is 106 Å². The van der Waals surface area contributed by atoms with Gasteiger partial charge < -0.3 is 5.32 Å². The van der Waals surface area contributed by atoms with Gasteiger partial charge in [0.1, 0.15) is 0 Å². The van der Waals surface area contributed by atoms with Crippen LogP contribution in [0, 0.1) is 19.3 Å². The second kappa shape index (κ2) is 5.22. The fourth-order valence-electron chi connectivity index (χ4n) is 2.83. The molecule has 1 N–H and O–H groups in total. The molecule has 1 saturated carbocycles. The summed E-state index contributed by atoms with van der Waals surface area (Å²) in [7, 11) is 0. The third kappa shape index (κ3) is 2.90. The molecule has 0 atom stereocenters. The molecule has 1 nitrogen and oxygen atoms in total. The van der Waals surface area contributed by atoms with Gasteiger partial charge in [-0.1, -0.05) is 31.5 Å². The van der Waals surface area contributed by atoms with Crippen LogP contribution in [0.5, 0.6) is 0 Å². The summed E-state index contributed by atoms with van der Waals surface area (Å²) in [4.78, 5) is 0. The molecule has 1 aromatic rings. The zero-order valence-corrected chi connectivity index (χ0v) is 11.5. The van der Waals surface area contributed by atoms with Gasteiger partial charge in [-0.3, -0.25) is 0 Å². The van der Waals surface area contributed by atoms with Crippen LogP contribution in [-0.4, -0.2) is 13.1 Å². The van der Waals surface area contributed by atoms with E-state index in [1.165, 1.54) is 48.9 Å². The molecule has 1 heteroatoms. The fraction of sp³-hybridized carbons (Fsp3) is 0.625. The van der Waals surface area contributed by atoms with Gasteiger partial charge >= 0.3 is 0 Å². The molecule has 0 amide bonds. The molecule has 1 aliphatic rings. The van der Waals surface area contributed by atoms with E-state index in [1.807, 2.05) is 0 Å². The lowest BCUT2D eigenvalue weighted by atomic mass is 9.65. The summed E-state index contributed by atoms with van der Waals surface area (Å²) in [6.07, 6.45) is 5.46. The predicted molar refractivity (Wildman–Crippen MR) is 74.4 cm³/mol. The summed E-state index contributed by atoms with van der Waals surface area (Å²) >= 11 is 0. The van der Waals surface area contributed by atoms with E-state index in [9.17, 15) is 0 Å². The van der Waals surface area contributed by atoms with Crippen molar-refractivity contribution >= 4 is 0 Å². The van der Waals surface area contributed by atoms with Gasteiger partial charge in [0.15, 0.2) is 0 Å². The van der Waals surface area contributed by atoms with Crippen LogP contribution in [0.4, 0.5) is 0 Å². The Bertz CT molecular complexity index is 377. The Morgan fingerprint density at radius 3 is 2.47 bits per heavy atom. The number of benzene rings is 1. The van der Waals surface area contributed by atoms with Crippen molar-refractivity contribution in [1.29, 1.82) is 0 Å². The van der Waals surface area contributed by atoms with Gasteiger partial charge in [0.25, 0.3) is 0 Å². The first-order valence-corrected chi connectivity index (χ1v) is 6.92. The maximum Gasteiger partial charge on any atom is 0.00109 e. The minimum absolute atomic E-state index is 0.553. The molecule has 2 rings (SSSR count). The number of rotatable bonds is 5. The zero-order chi connectivity index (χ0) is 12.3. The maximum absolute atomic E-state index is 3.54. The van der Waals surface area contributed by atoms with E-state index in [0.717, 1.165) is 6.54 Å². The molecule has 0 aliphatic heterocycles. The molecular formula is C16H25N. The molecule has 94 valence electrons. The lowest BCUT2D eigenvalue weighted by molar-refractivity contribution is 0.131. The average molecular weight is 231 g/mol. The standard InChI is InChI=1S/C16H25N/c1-4-17-12-16(8-5-9-16)11-15-7-6-13(2)14(3)10-15/h6-7,10,17H,4-5,8-9,11-12H2,1-3H3. The molecule has 17 heavy (non-hydrogen) atoms. The smallest absolute Gasteiger partial charge is 0.00109 e. The highest BCUT2D eigenvalue weighted by Crippen LogP contribution is 2.43. The van der Waals surface area contributed by atoms with Gasteiger partial charge in [-0.05, 0) is 61.8 Å². The fourth-order valence-corrected chi connectivity index (χ4v) is 2.83. The monoisotopic (exact) mass is 231 g/mol. The number of aryl methyl sites for hydroxylation is 2. The van der Waals surface area contributed by atoms with Gasteiger partial charge in [0, 0.05) is 6.54 Å². The van der Waals surface area contributed by atoms with E-state index < -0.39 is 0 Å². The van der Waals surface area contributed by atoms with Crippen LogP contribution in [0.3, 0.4) is 0 Å². The predicted octanol–water partition coefficient (Wildman–Crippen LogP) is 3.63. The minimum atomic E-state index is 0.553. The van der Waals surface area contributed by atoms with Crippen molar-refractivity contribution in [3.05, 3.63) is 34.9 Å². The molecule has 0 spiro atoms. The zero-order valence-electron chi connectivity index (χ0n) is 11.5. The van der Waals surface area contributed by atoms with E-state index in [-0.39, 0.29) is 0 Å². The van der Waals surface area contributed by atoms with Crippen LogP contribution in [0.25, 0.3) is 0 Å². The molecule has 1 aromatic carbocycles. The minimum Gasteiger partial charge on any atom is -0.316 e. The van der Waals surface area contributed by atoms with Gasteiger partial charge in [-0.2, -0.15) is 0 Å². The Hall–Kier alpha value is -0.820. The summed E-state index contributed by atoms with van der Waals surface area (Å²) < 4.78 is 0. The normalized spacial score (nSPS) is 17.8. The molecule has 0 saturated heterocycles.